The summed E-state index contributed by atoms with van der Waals surface area (Å²) in [6, 6.07) is -0.383. The van der Waals surface area contributed by atoms with Crippen LogP contribution in [-0.4, -0.2) is 29.3 Å². The van der Waals surface area contributed by atoms with Crippen molar-refractivity contribution in [2.75, 3.05) is 6.54 Å². The van der Waals surface area contributed by atoms with E-state index in [9.17, 15) is 9.59 Å². The number of primary amides is 1. The van der Waals surface area contributed by atoms with Crippen molar-refractivity contribution in [2.45, 2.75) is 83.6 Å². The Morgan fingerprint density at radius 1 is 1.15 bits per heavy atom. The molecule has 1 heterocycles. The first kappa shape index (κ1) is 17.0. The Hall–Kier alpha value is -1.06. The van der Waals surface area contributed by atoms with E-state index >= 15 is 0 Å². The number of rotatable bonds is 9. The molecule has 0 bridgehead atoms. The van der Waals surface area contributed by atoms with Crippen LogP contribution in [0.5, 0.6) is 0 Å². The highest BCUT2D eigenvalue weighted by Crippen LogP contribution is 2.18. The van der Waals surface area contributed by atoms with Crippen molar-refractivity contribution in [1.82, 2.24) is 4.90 Å². The van der Waals surface area contributed by atoms with Crippen LogP contribution in [0.2, 0.25) is 0 Å². The van der Waals surface area contributed by atoms with Crippen molar-refractivity contribution in [1.29, 1.82) is 0 Å². The monoisotopic (exact) mass is 282 g/mol. The quantitative estimate of drug-likeness (QED) is 0.661. The Morgan fingerprint density at radius 3 is 2.55 bits per heavy atom. The molecule has 1 rings (SSSR count). The Bertz CT molecular complexity index is 305. The van der Waals surface area contributed by atoms with Crippen LogP contribution in [0.4, 0.5) is 0 Å². The van der Waals surface area contributed by atoms with Gasteiger partial charge in [0.05, 0.1) is 0 Å². The van der Waals surface area contributed by atoms with Crippen LogP contribution >= 0.6 is 0 Å². The Morgan fingerprint density at radius 2 is 1.85 bits per heavy atom. The first-order valence-electron chi connectivity index (χ1n) is 8.25. The lowest BCUT2D eigenvalue weighted by atomic mass is 10.0. The van der Waals surface area contributed by atoms with Crippen molar-refractivity contribution in [3.8, 4) is 0 Å². The molecule has 1 aliphatic rings. The number of nitrogens with two attached hydrogens (primary N) is 1. The van der Waals surface area contributed by atoms with Gasteiger partial charge in [-0.3, -0.25) is 9.59 Å². The van der Waals surface area contributed by atoms with Crippen LogP contribution in [0.3, 0.4) is 0 Å². The summed E-state index contributed by atoms with van der Waals surface area (Å²) in [6.45, 7) is 2.90. The predicted octanol–water partition coefficient (Wildman–Crippen LogP) is 2.99. The lowest BCUT2D eigenvalue weighted by Crippen LogP contribution is -2.47. The number of nitrogens with zero attached hydrogens (tertiary/aromatic N) is 1. The third-order valence-corrected chi connectivity index (χ3v) is 4.15. The van der Waals surface area contributed by atoms with E-state index in [-0.39, 0.29) is 17.9 Å². The van der Waals surface area contributed by atoms with Gasteiger partial charge in [-0.1, -0.05) is 51.9 Å². The Labute approximate surface area is 123 Å². The largest absolute Gasteiger partial charge is 0.368 e. The second-order valence-corrected chi connectivity index (χ2v) is 5.87. The minimum absolute atomic E-state index is 0.109. The molecule has 1 aliphatic heterocycles. The molecule has 1 unspecified atom stereocenters. The molecule has 0 aromatic heterocycles. The van der Waals surface area contributed by atoms with E-state index in [1.807, 2.05) is 0 Å². The summed E-state index contributed by atoms with van der Waals surface area (Å²) in [6.07, 6.45) is 11.4. The van der Waals surface area contributed by atoms with Crippen molar-refractivity contribution >= 4 is 11.8 Å². The first-order valence-corrected chi connectivity index (χ1v) is 8.25. The third kappa shape index (κ3) is 5.93. The van der Waals surface area contributed by atoms with Gasteiger partial charge in [0, 0.05) is 13.0 Å². The maximum Gasteiger partial charge on any atom is 0.240 e. The summed E-state index contributed by atoms with van der Waals surface area (Å²) in [5.74, 6) is -0.230. The minimum atomic E-state index is -0.383. The summed E-state index contributed by atoms with van der Waals surface area (Å²) in [5, 5.41) is 0. The smallest absolute Gasteiger partial charge is 0.240 e. The normalized spacial score (nSPS) is 17.9. The molecule has 1 atom stereocenters. The molecule has 0 aliphatic carbocycles. The lowest BCUT2D eigenvalue weighted by molar-refractivity contribution is -0.139. The number of hydrogen-bond acceptors (Lipinski definition) is 2. The molecule has 2 amide bonds. The molecule has 0 aromatic carbocycles. The number of hydrogen-bond donors (Lipinski definition) is 1. The van der Waals surface area contributed by atoms with E-state index in [0.717, 1.165) is 38.5 Å². The van der Waals surface area contributed by atoms with Crippen LogP contribution in [0, 0.1) is 0 Å². The number of carbonyl (C=O) groups is 2. The number of unbranched alkanes of at least 4 members (excludes halogenated alkanes) is 5. The summed E-state index contributed by atoms with van der Waals surface area (Å²) in [4.78, 5) is 25.4. The molecule has 2 N–H and O–H groups in total. The van der Waals surface area contributed by atoms with Crippen molar-refractivity contribution < 1.29 is 9.59 Å². The average Bonchev–Trinajstić information content (AvgIpc) is 2.63. The van der Waals surface area contributed by atoms with E-state index in [1.54, 1.807) is 4.90 Å². The standard InChI is InChI=1S/C16H30N2O2/c1-2-3-4-5-6-8-11-14(16(17)20)18-13-10-7-9-12-15(18)19/h14H,2-13H2,1H3,(H2,17,20). The lowest BCUT2D eigenvalue weighted by Gasteiger charge is -2.28. The fraction of sp³-hybridized carbons (Fsp3) is 0.875. The number of carbonyl (C=O) groups excluding carboxylic acids is 2. The molecule has 20 heavy (non-hydrogen) atoms. The van der Waals surface area contributed by atoms with E-state index in [2.05, 4.69) is 6.92 Å². The summed E-state index contributed by atoms with van der Waals surface area (Å²) >= 11 is 0. The summed E-state index contributed by atoms with van der Waals surface area (Å²) in [5.41, 5.74) is 5.51. The van der Waals surface area contributed by atoms with Gasteiger partial charge in [-0.25, -0.2) is 0 Å². The second kappa shape index (κ2) is 9.78. The van der Waals surface area contributed by atoms with Crippen LogP contribution in [0.25, 0.3) is 0 Å². The van der Waals surface area contributed by atoms with Crippen molar-refractivity contribution in [3.05, 3.63) is 0 Å². The Kier molecular flexibility index (Phi) is 8.31. The summed E-state index contributed by atoms with van der Waals surface area (Å²) in [7, 11) is 0. The fourth-order valence-corrected chi connectivity index (χ4v) is 2.90. The highest BCUT2D eigenvalue weighted by atomic mass is 16.2. The van der Waals surface area contributed by atoms with Gasteiger partial charge in [-0.2, -0.15) is 0 Å². The number of likely N-dealkylation sites (tertiary alicyclic amines) is 1. The molecular weight excluding hydrogens is 252 g/mol. The molecule has 4 nitrogen and oxygen atoms in total. The highest BCUT2D eigenvalue weighted by Gasteiger charge is 2.28. The zero-order valence-electron chi connectivity index (χ0n) is 12.9. The van der Waals surface area contributed by atoms with Gasteiger partial charge in [-0.05, 0) is 19.3 Å². The molecular formula is C16H30N2O2. The van der Waals surface area contributed by atoms with Crippen LogP contribution in [-0.2, 0) is 9.59 Å². The minimum Gasteiger partial charge on any atom is -0.368 e. The van der Waals surface area contributed by atoms with Gasteiger partial charge < -0.3 is 10.6 Å². The summed E-state index contributed by atoms with van der Waals surface area (Å²) < 4.78 is 0. The highest BCUT2D eigenvalue weighted by molar-refractivity contribution is 5.86. The maximum atomic E-state index is 12.1. The van der Waals surface area contributed by atoms with E-state index in [4.69, 9.17) is 5.73 Å². The van der Waals surface area contributed by atoms with Crippen LogP contribution < -0.4 is 5.73 Å². The van der Waals surface area contributed by atoms with Gasteiger partial charge >= 0.3 is 0 Å². The second-order valence-electron chi connectivity index (χ2n) is 5.87. The Balaban J connectivity index is 2.39. The predicted molar refractivity (Wildman–Crippen MR) is 81.2 cm³/mol. The molecule has 0 aromatic rings. The van der Waals surface area contributed by atoms with Crippen molar-refractivity contribution in [2.24, 2.45) is 5.73 Å². The van der Waals surface area contributed by atoms with E-state index in [0.29, 0.717) is 13.0 Å². The zero-order chi connectivity index (χ0) is 14.8. The molecule has 0 spiro atoms. The topological polar surface area (TPSA) is 63.4 Å². The molecule has 1 fully saturated rings. The van der Waals surface area contributed by atoms with Gasteiger partial charge in [0.2, 0.25) is 11.8 Å². The van der Waals surface area contributed by atoms with Gasteiger partial charge in [-0.15, -0.1) is 0 Å². The molecule has 4 heteroatoms. The van der Waals surface area contributed by atoms with Gasteiger partial charge in [0.25, 0.3) is 0 Å². The molecule has 0 saturated carbocycles. The first-order chi connectivity index (χ1) is 9.66. The third-order valence-electron chi connectivity index (χ3n) is 4.15. The molecule has 116 valence electrons. The van der Waals surface area contributed by atoms with Gasteiger partial charge in [0.1, 0.15) is 6.04 Å². The van der Waals surface area contributed by atoms with Crippen molar-refractivity contribution in [3.63, 3.8) is 0 Å². The van der Waals surface area contributed by atoms with Crippen LogP contribution in [0.1, 0.15) is 77.6 Å². The molecule has 0 radical (unpaired) electrons. The van der Waals surface area contributed by atoms with E-state index < -0.39 is 0 Å². The SMILES string of the molecule is CCCCCCCCC(C(N)=O)N1CCCCCC1=O. The fourth-order valence-electron chi connectivity index (χ4n) is 2.90. The zero-order valence-corrected chi connectivity index (χ0v) is 12.9. The number of amides is 2. The average molecular weight is 282 g/mol. The van der Waals surface area contributed by atoms with Crippen LogP contribution in [0.15, 0.2) is 0 Å². The molecule has 1 saturated heterocycles. The van der Waals surface area contributed by atoms with Gasteiger partial charge in [0.15, 0.2) is 0 Å². The maximum absolute atomic E-state index is 12.1. The van der Waals surface area contributed by atoms with E-state index in [1.165, 1.54) is 25.7 Å².